The third kappa shape index (κ3) is 6.84. The number of hydrogen-bond acceptors (Lipinski definition) is 5. The van der Waals surface area contributed by atoms with Crippen LogP contribution in [0.5, 0.6) is 0 Å². The zero-order valence-corrected chi connectivity index (χ0v) is 14.6. The number of aromatic nitrogens is 2. The second-order valence-corrected chi connectivity index (χ2v) is 5.98. The van der Waals surface area contributed by atoms with E-state index in [9.17, 15) is 9.18 Å². The predicted molar refractivity (Wildman–Crippen MR) is 96.1 cm³/mol. The lowest BCUT2D eigenvalue weighted by atomic mass is 10.1. The van der Waals surface area contributed by atoms with Gasteiger partial charge >= 0.3 is 0 Å². The first kappa shape index (κ1) is 18.8. The van der Waals surface area contributed by atoms with Gasteiger partial charge in [0.2, 0.25) is 5.95 Å². The average molecular weight is 345 g/mol. The van der Waals surface area contributed by atoms with Crippen molar-refractivity contribution in [2.45, 2.75) is 12.8 Å². The van der Waals surface area contributed by atoms with Crippen LogP contribution in [0.15, 0.2) is 36.5 Å². The molecule has 0 aliphatic heterocycles. The molecule has 1 heterocycles. The summed E-state index contributed by atoms with van der Waals surface area (Å²) < 4.78 is 12.9. The van der Waals surface area contributed by atoms with Gasteiger partial charge in [-0.2, -0.15) is 0 Å². The van der Waals surface area contributed by atoms with Crippen LogP contribution in [0, 0.1) is 5.82 Å². The van der Waals surface area contributed by atoms with E-state index in [-0.39, 0.29) is 11.7 Å². The lowest BCUT2D eigenvalue weighted by Gasteiger charge is -2.10. The van der Waals surface area contributed by atoms with E-state index >= 15 is 0 Å². The van der Waals surface area contributed by atoms with Crippen molar-refractivity contribution in [3.8, 4) is 0 Å². The van der Waals surface area contributed by atoms with Crippen LogP contribution in [0.25, 0.3) is 0 Å². The average Bonchev–Trinajstić information content (AvgIpc) is 2.60. The molecule has 7 heteroatoms. The van der Waals surface area contributed by atoms with Crippen LogP contribution in [0.3, 0.4) is 0 Å². The molecular formula is C18H24FN5O. The van der Waals surface area contributed by atoms with Crippen LogP contribution < -0.4 is 10.6 Å². The summed E-state index contributed by atoms with van der Waals surface area (Å²) in [4.78, 5) is 22.5. The summed E-state index contributed by atoms with van der Waals surface area (Å²) in [5.74, 6) is -0.0462. The minimum atomic E-state index is -0.246. The molecule has 0 saturated heterocycles. The number of anilines is 1. The molecule has 134 valence electrons. The van der Waals surface area contributed by atoms with Crippen LogP contribution in [0.1, 0.15) is 22.5 Å². The molecule has 0 bridgehead atoms. The van der Waals surface area contributed by atoms with Gasteiger partial charge in [-0.15, -0.1) is 0 Å². The summed E-state index contributed by atoms with van der Waals surface area (Å²) in [6.07, 6.45) is 3.15. The van der Waals surface area contributed by atoms with Gasteiger partial charge in [0.05, 0.1) is 0 Å². The van der Waals surface area contributed by atoms with Crippen molar-refractivity contribution in [1.82, 2.24) is 20.2 Å². The summed E-state index contributed by atoms with van der Waals surface area (Å²) >= 11 is 0. The van der Waals surface area contributed by atoms with Crippen molar-refractivity contribution >= 4 is 11.9 Å². The Bertz CT molecular complexity index is 675. The highest BCUT2D eigenvalue weighted by molar-refractivity contribution is 5.92. The normalized spacial score (nSPS) is 10.7. The molecule has 0 aliphatic carbocycles. The van der Waals surface area contributed by atoms with Gasteiger partial charge in [-0.25, -0.2) is 14.4 Å². The van der Waals surface area contributed by atoms with Gasteiger partial charge in [-0.05, 0) is 57.2 Å². The standard InChI is InChI=1S/C18H24FN5O/c1-24(2)13-3-10-20-17(25)16-9-12-22-18(23-16)21-11-8-14-4-6-15(19)7-5-14/h4-7,9,12H,3,8,10-11,13H2,1-2H3,(H,20,25)(H,21,22,23). The third-order valence-corrected chi connectivity index (χ3v) is 3.57. The number of carbonyl (C=O) groups excluding carboxylic acids is 1. The topological polar surface area (TPSA) is 70.2 Å². The fraction of sp³-hybridized carbons (Fsp3) is 0.389. The molecule has 1 aromatic heterocycles. The first-order valence-electron chi connectivity index (χ1n) is 8.29. The number of nitrogens with zero attached hydrogens (tertiary/aromatic N) is 3. The molecule has 25 heavy (non-hydrogen) atoms. The molecule has 0 radical (unpaired) electrons. The van der Waals surface area contributed by atoms with Gasteiger partial charge in [0.25, 0.3) is 5.91 Å². The predicted octanol–water partition coefficient (Wildman–Crippen LogP) is 1.95. The van der Waals surface area contributed by atoms with Crippen LogP contribution in [0.4, 0.5) is 10.3 Å². The van der Waals surface area contributed by atoms with E-state index in [4.69, 9.17) is 0 Å². The molecular weight excluding hydrogens is 321 g/mol. The highest BCUT2D eigenvalue weighted by Gasteiger charge is 2.08. The minimum absolute atomic E-state index is 0.206. The molecule has 0 spiro atoms. The zero-order chi connectivity index (χ0) is 18.1. The largest absolute Gasteiger partial charge is 0.354 e. The molecule has 0 atom stereocenters. The lowest BCUT2D eigenvalue weighted by Crippen LogP contribution is -2.28. The molecule has 1 aromatic carbocycles. The Kier molecular flexibility index (Phi) is 7.28. The Labute approximate surface area is 147 Å². The lowest BCUT2D eigenvalue weighted by molar-refractivity contribution is 0.0947. The zero-order valence-electron chi connectivity index (χ0n) is 14.6. The summed E-state index contributed by atoms with van der Waals surface area (Å²) in [6.45, 7) is 2.12. The highest BCUT2D eigenvalue weighted by Crippen LogP contribution is 2.05. The van der Waals surface area contributed by atoms with Crippen LogP contribution in [-0.2, 0) is 6.42 Å². The number of nitrogens with one attached hydrogen (secondary N) is 2. The molecule has 0 fully saturated rings. The first-order valence-corrected chi connectivity index (χ1v) is 8.29. The molecule has 1 amide bonds. The van der Waals surface area contributed by atoms with E-state index in [0.29, 0.717) is 31.2 Å². The molecule has 0 unspecified atom stereocenters. The first-order chi connectivity index (χ1) is 12.0. The molecule has 0 aliphatic rings. The third-order valence-electron chi connectivity index (χ3n) is 3.57. The number of rotatable bonds is 9. The molecule has 0 saturated carbocycles. The smallest absolute Gasteiger partial charge is 0.270 e. The Morgan fingerprint density at radius 3 is 2.64 bits per heavy atom. The summed E-state index contributed by atoms with van der Waals surface area (Å²) in [7, 11) is 3.99. The molecule has 6 nitrogen and oxygen atoms in total. The van der Waals surface area contributed by atoms with Crippen molar-refractivity contribution in [1.29, 1.82) is 0 Å². The number of carbonyl (C=O) groups is 1. The van der Waals surface area contributed by atoms with Crippen LogP contribution in [-0.4, -0.2) is 54.5 Å². The Morgan fingerprint density at radius 2 is 1.92 bits per heavy atom. The van der Waals surface area contributed by atoms with Crippen molar-refractivity contribution in [2.24, 2.45) is 0 Å². The minimum Gasteiger partial charge on any atom is -0.354 e. The van der Waals surface area contributed by atoms with Crippen molar-refractivity contribution in [3.63, 3.8) is 0 Å². The fourth-order valence-electron chi connectivity index (χ4n) is 2.23. The van der Waals surface area contributed by atoms with Crippen LogP contribution >= 0.6 is 0 Å². The highest BCUT2D eigenvalue weighted by atomic mass is 19.1. The van der Waals surface area contributed by atoms with E-state index in [2.05, 4.69) is 25.5 Å². The Balaban J connectivity index is 1.79. The Morgan fingerprint density at radius 1 is 1.16 bits per heavy atom. The second-order valence-electron chi connectivity index (χ2n) is 5.98. The van der Waals surface area contributed by atoms with E-state index in [1.807, 2.05) is 14.1 Å². The molecule has 2 N–H and O–H groups in total. The maximum absolute atomic E-state index is 12.9. The SMILES string of the molecule is CN(C)CCCNC(=O)c1ccnc(NCCc2ccc(F)cc2)n1. The number of benzene rings is 1. The van der Waals surface area contributed by atoms with Gasteiger partial charge in [0.1, 0.15) is 11.5 Å². The van der Waals surface area contributed by atoms with E-state index in [1.165, 1.54) is 12.1 Å². The van der Waals surface area contributed by atoms with Gasteiger partial charge in [0, 0.05) is 19.3 Å². The Hall–Kier alpha value is -2.54. The summed E-state index contributed by atoms with van der Waals surface area (Å²) in [6, 6.07) is 7.96. The monoisotopic (exact) mass is 345 g/mol. The molecule has 2 rings (SSSR count). The van der Waals surface area contributed by atoms with Gasteiger partial charge in [0.15, 0.2) is 0 Å². The summed E-state index contributed by atoms with van der Waals surface area (Å²) in [5.41, 5.74) is 1.35. The maximum atomic E-state index is 12.9. The van der Waals surface area contributed by atoms with Gasteiger partial charge < -0.3 is 15.5 Å². The summed E-state index contributed by atoms with van der Waals surface area (Å²) in [5, 5.41) is 5.93. The van der Waals surface area contributed by atoms with E-state index in [1.54, 1.807) is 24.4 Å². The van der Waals surface area contributed by atoms with Crippen molar-refractivity contribution in [2.75, 3.05) is 39.0 Å². The number of hydrogen-bond donors (Lipinski definition) is 2. The number of amides is 1. The van der Waals surface area contributed by atoms with Crippen molar-refractivity contribution in [3.05, 3.63) is 53.6 Å². The van der Waals surface area contributed by atoms with E-state index < -0.39 is 0 Å². The van der Waals surface area contributed by atoms with Gasteiger partial charge in [-0.1, -0.05) is 12.1 Å². The maximum Gasteiger partial charge on any atom is 0.270 e. The second kappa shape index (κ2) is 9.68. The molecule has 2 aromatic rings. The van der Waals surface area contributed by atoms with E-state index in [0.717, 1.165) is 18.5 Å². The quantitative estimate of drug-likeness (QED) is 0.680. The van der Waals surface area contributed by atoms with Crippen LogP contribution in [0.2, 0.25) is 0 Å². The fourth-order valence-corrected chi connectivity index (χ4v) is 2.23. The number of halogens is 1. The van der Waals surface area contributed by atoms with Gasteiger partial charge in [-0.3, -0.25) is 4.79 Å². The van der Waals surface area contributed by atoms with Crippen molar-refractivity contribution < 1.29 is 9.18 Å².